The fraction of sp³-hybridized carbons (Fsp3) is 0.125. The molecule has 25 heavy (non-hydrogen) atoms. The van der Waals surface area contributed by atoms with E-state index >= 15 is 0 Å². The van der Waals surface area contributed by atoms with E-state index in [1.54, 1.807) is 0 Å². The van der Waals surface area contributed by atoms with Crippen LogP contribution in [0.5, 0.6) is 5.75 Å². The average Bonchev–Trinajstić information content (AvgIpc) is 2.77. The summed E-state index contributed by atoms with van der Waals surface area (Å²) in [5.74, 6) is -2.55. The zero-order valence-electron chi connectivity index (χ0n) is 12.2. The number of rotatable bonds is 3. The normalized spacial score (nSPS) is 14.2. The Hall–Kier alpha value is -2.97. The standard InChI is InChI=1S/C16H8F5NO3/c17-15(18)25-8-5-6-11(16(19,20)21)12(7-8)22-13(23)9-3-1-2-4-10(9)14(22)24/h1-7,15H. The molecule has 2 amide bonds. The van der Waals surface area contributed by atoms with Gasteiger partial charge in [-0.15, -0.1) is 0 Å². The molecule has 0 unspecified atom stereocenters. The molecule has 0 aromatic heterocycles. The van der Waals surface area contributed by atoms with Crippen LogP contribution in [0, 0.1) is 0 Å². The molecule has 2 aromatic rings. The van der Waals surface area contributed by atoms with Crippen molar-refractivity contribution >= 4 is 17.5 Å². The van der Waals surface area contributed by atoms with Crippen LogP contribution in [0.4, 0.5) is 27.6 Å². The number of ether oxygens (including phenoxy) is 1. The number of halogens is 5. The van der Waals surface area contributed by atoms with Crippen LogP contribution in [0.25, 0.3) is 0 Å². The number of carbonyl (C=O) groups is 2. The van der Waals surface area contributed by atoms with E-state index in [-0.39, 0.29) is 11.1 Å². The van der Waals surface area contributed by atoms with Gasteiger partial charge in [0.05, 0.1) is 22.4 Å². The van der Waals surface area contributed by atoms with E-state index in [0.29, 0.717) is 23.1 Å². The lowest BCUT2D eigenvalue weighted by Crippen LogP contribution is -2.31. The molecule has 1 aliphatic heterocycles. The van der Waals surface area contributed by atoms with Crippen LogP contribution in [0.2, 0.25) is 0 Å². The van der Waals surface area contributed by atoms with Crippen molar-refractivity contribution < 1.29 is 36.3 Å². The Labute approximate surface area is 137 Å². The summed E-state index contributed by atoms with van der Waals surface area (Å²) in [7, 11) is 0. The number of imide groups is 1. The number of amides is 2. The molecule has 0 bridgehead atoms. The Morgan fingerprint density at radius 1 is 0.920 bits per heavy atom. The first kappa shape index (κ1) is 16.9. The summed E-state index contributed by atoms with van der Waals surface area (Å²) in [4.78, 5) is 25.0. The van der Waals surface area contributed by atoms with Gasteiger partial charge in [0.1, 0.15) is 5.75 Å². The molecule has 0 spiro atoms. The number of hydrogen-bond acceptors (Lipinski definition) is 3. The minimum absolute atomic E-state index is 0.0687. The molecule has 0 radical (unpaired) electrons. The fourth-order valence-electron chi connectivity index (χ4n) is 2.52. The van der Waals surface area contributed by atoms with E-state index in [0.717, 1.165) is 0 Å². The molecule has 1 heterocycles. The maximum absolute atomic E-state index is 13.2. The maximum Gasteiger partial charge on any atom is 0.418 e. The van der Waals surface area contributed by atoms with Crippen LogP contribution in [-0.2, 0) is 6.18 Å². The zero-order chi connectivity index (χ0) is 18.4. The van der Waals surface area contributed by atoms with Gasteiger partial charge in [-0.3, -0.25) is 9.59 Å². The van der Waals surface area contributed by atoms with Crippen LogP contribution in [0.15, 0.2) is 42.5 Å². The van der Waals surface area contributed by atoms with E-state index in [4.69, 9.17) is 0 Å². The van der Waals surface area contributed by atoms with Crippen LogP contribution in [0.1, 0.15) is 26.3 Å². The highest BCUT2D eigenvalue weighted by Crippen LogP contribution is 2.41. The van der Waals surface area contributed by atoms with Crippen LogP contribution in [-0.4, -0.2) is 18.4 Å². The second-order valence-corrected chi connectivity index (χ2v) is 5.05. The predicted octanol–water partition coefficient (Wildman–Crippen LogP) is 4.11. The number of anilines is 1. The van der Waals surface area contributed by atoms with Crippen molar-refractivity contribution in [2.45, 2.75) is 12.8 Å². The molecular weight excluding hydrogens is 349 g/mol. The number of carbonyl (C=O) groups excluding carboxylic acids is 2. The largest absolute Gasteiger partial charge is 0.435 e. The van der Waals surface area contributed by atoms with Gasteiger partial charge in [0, 0.05) is 6.07 Å². The highest BCUT2D eigenvalue weighted by molar-refractivity contribution is 6.34. The second-order valence-electron chi connectivity index (χ2n) is 5.05. The number of nitrogens with zero attached hydrogens (tertiary/aromatic N) is 1. The molecule has 0 aliphatic carbocycles. The van der Waals surface area contributed by atoms with Gasteiger partial charge >= 0.3 is 12.8 Å². The van der Waals surface area contributed by atoms with Crippen molar-refractivity contribution in [3.63, 3.8) is 0 Å². The molecule has 4 nitrogen and oxygen atoms in total. The molecule has 1 aliphatic rings. The lowest BCUT2D eigenvalue weighted by Gasteiger charge is -2.20. The number of fused-ring (bicyclic) bond motifs is 1. The van der Waals surface area contributed by atoms with Crippen molar-refractivity contribution in [3.05, 3.63) is 59.2 Å². The summed E-state index contributed by atoms with van der Waals surface area (Å²) in [6, 6.07) is 7.26. The number of hydrogen-bond donors (Lipinski definition) is 0. The monoisotopic (exact) mass is 357 g/mol. The number of benzene rings is 2. The van der Waals surface area contributed by atoms with Gasteiger partial charge in [0.25, 0.3) is 11.8 Å². The molecule has 0 fully saturated rings. The molecule has 0 atom stereocenters. The SMILES string of the molecule is O=C1c2ccccc2C(=O)N1c1cc(OC(F)F)ccc1C(F)(F)F. The summed E-state index contributed by atoms with van der Waals surface area (Å²) < 4.78 is 68.5. The molecule has 130 valence electrons. The van der Waals surface area contributed by atoms with Crippen LogP contribution in [0.3, 0.4) is 0 Å². The van der Waals surface area contributed by atoms with Gasteiger partial charge in [-0.25, -0.2) is 4.90 Å². The van der Waals surface area contributed by atoms with Gasteiger partial charge in [-0.1, -0.05) is 12.1 Å². The smallest absolute Gasteiger partial charge is 0.418 e. The Morgan fingerprint density at radius 2 is 1.48 bits per heavy atom. The Balaban J connectivity index is 2.15. The summed E-state index contributed by atoms with van der Waals surface area (Å²) in [5, 5.41) is 0. The molecule has 0 saturated carbocycles. The molecule has 3 rings (SSSR count). The Kier molecular flexibility index (Phi) is 3.94. The van der Waals surface area contributed by atoms with E-state index in [9.17, 15) is 31.5 Å². The van der Waals surface area contributed by atoms with Gasteiger partial charge in [-0.2, -0.15) is 22.0 Å². The highest BCUT2D eigenvalue weighted by atomic mass is 19.4. The van der Waals surface area contributed by atoms with Gasteiger partial charge in [-0.05, 0) is 24.3 Å². The summed E-state index contributed by atoms with van der Waals surface area (Å²) in [5.41, 5.74) is -2.32. The van der Waals surface area contributed by atoms with E-state index in [2.05, 4.69) is 4.74 Å². The van der Waals surface area contributed by atoms with Crippen molar-refractivity contribution in [2.24, 2.45) is 0 Å². The first-order valence-electron chi connectivity index (χ1n) is 6.84. The van der Waals surface area contributed by atoms with Gasteiger partial charge in [0.2, 0.25) is 0 Å². The highest BCUT2D eigenvalue weighted by Gasteiger charge is 2.42. The third-order valence-electron chi connectivity index (χ3n) is 3.53. The zero-order valence-corrected chi connectivity index (χ0v) is 12.2. The van der Waals surface area contributed by atoms with E-state index in [1.165, 1.54) is 24.3 Å². The second kappa shape index (κ2) is 5.83. The van der Waals surface area contributed by atoms with E-state index in [1.807, 2.05) is 0 Å². The summed E-state index contributed by atoms with van der Waals surface area (Å²) in [6.45, 7) is -3.27. The molecule has 2 aromatic carbocycles. The van der Waals surface area contributed by atoms with Crippen LogP contribution < -0.4 is 9.64 Å². The summed E-state index contributed by atoms with van der Waals surface area (Å²) >= 11 is 0. The quantitative estimate of drug-likeness (QED) is 0.614. The fourth-order valence-corrected chi connectivity index (χ4v) is 2.52. The average molecular weight is 357 g/mol. The number of alkyl halides is 5. The summed E-state index contributed by atoms with van der Waals surface area (Å²) in [6.07, 6.45) is -4.91. The molecule has 0 N–H and O–H groups in total. The van der Waals surface area contributed by atoms with Crippen molar-refractivity contribution in [1.82, 2.24) is 0 Å². The van der Waals surface area contributed by atoms with Crippen molar-refractivity contribution in [1.29, 1.82) is 0 Å². The van der Waals surface area contributed by atoms with E-state index < -0.39 is 41.6 Å². The third-order valence-corrected chi connectivity index (χ3v) is 3.53. The molecular formula is C16H8F5NO3. The Bertz CT molecular complexity index is 828. The van der Waals surface area contributed by atoms with Gasteiger partial charge in [0.15, 0.2) is 0 Å². The predicted molar refractivity (Wildman–Crippen MR) is 75.7 cm³/mol. The van der Waals surface area contributed by atoms with Gasteiger partial charge < -0.3 is 4.74 Å². The third kappa shape index (κ3) is 2.92. The maximum atomic E-state index is 13.2. The first-order valence-corrected chi connectivity index (χ1v) is 6.84. The Morgan fingerprint density at radius 3 is 1.96 bits per heavy atom. The minimum atomic E-state index is -4.91. The van der Waals surface area contributed by atoms with Crippen molar-refractivity contribution in [2.75, 3.05) is 4.90 Å². The molecule has 0 saturated heterocycles. The lowest BCUT2D eigenvalue weighted by molar-refractivity contribution is -0.137. The van der Waals surface area contributed by atoms with Crippen molar-refractivity contribution in [3.8, 4) is 5.75 Å². The minimum Gasteiger partial charge on any atom is -0.435 e. The topological polar surface area (TPSA) is 46.6 Å². The first-order chi connectivity index (χ1) is 11.7. The lowest BCUT2D eigenvalue weighted by atomic mass is 10.1. The van der Waals surface area contributed by atoms with Crippen LogP contribution >= 0.6 is 0 Å². The molecule has 9 heteroatoms.